The van der Waals surface area contributed by atoms with E-state index in [9.17, 15) is 25.2 Å². The zero-order valence-corrected chi connectivity index (χ0v) is 14.9. The average Bonchev–Trinajstić information content (AvgIpc) is 3.06. The van der Waals surface area contributed by atoms with Gasteiger partial charge in [-0.25, -0.2) is 4.68 Å². The Hall–Kier alpha value is -1.28. The van der Waals surface area contributed by atoms with Crippen molar-refractivity contribution in [1.82, 2.24) is 15.0 Å². The number of hydrogen-bond acceptors (Lipinski definition) is 10. The SMILES string of the molecule is [CH2][CH]CSC[C@@H](N)C(=O)Nc1cn(C[C@H](O)[C@H](O)[C@H](O)[C@H](O)CO)nn1. The summed E-state index contributed by atoms with van der Waals surface area (Å²) in [6.45, 7) is 2.54. The molecule has 0 unspecified atom stereocenters. The fraction of sp³-hybridized carbons (Fsp3) is 0.643. The summed E-state index contributed by atoms with van der Waals surface area (Å²) in [6.07, 6.45) is -3.51. The van der Waals surface area contributed by atoms with Gasteiger partial charge in [-0.1, -0.05) is 5.21 Å². The molecule has 12 heteroatoms. The highest BCUT2D eigenvalue weighted by Crippen LogP contribution is 2.09. The van der Waals surface area contributed by atoms with Gasteiger partial charge in [-0.3, -0.25) is 4.79 Å². The number of rotatable bonds is 12. The molecule has 0 spiro atoms. The van der Waals surface area contributed by atoms with Crippen LogP contribution in [0.1, 0.15) is 0 Å². The number of amides is 1. The zero-order valence-electron chi connectivity index (χ0n) is 14.0. The number of nitrogens with zero attached hydrogens (tertiary/aromatic N) is 3. The molecule has 1 aromatic heterocycles. The Balaban J connectivity index is 2.52. The normalized spacial score (nSPS) is 17.3. The molecule has 0 bridgehead atoms. The second kappa shape index (κ2) is 11.4. The number of anilines is 1. The van der Waals surface area contributed by atoms with Crippen LogP contribution in [0.15, 0.2) is 6.20 Å². The van der Waals surface area contributed by atoms with Crippen LogP contribution in [-0.4, -0.2) is 95.0 Å². The van der Waals surface area contributed by atoms with Gasteiger partial charge in [0.15, 0.2) is 5.82 Å². The van der Waals surface area contributed by atoms with Gasteiger partial charge in [-0.05, 0) is 19.1 Å². The van der Waals surface area contributed by atoms with Crippen LogP contribution in [0.2, 0.25) is 0 Å². The van der Waals surface area contributed by atoms with Crippen molar-refractivity contribution in [3.8, 4) is 0 Å². The molecule has 1 amide bonds. The summed E-state index contributed by atoms with van der Waals surface area (Å²) in [5, 5.41) is 57.1. The topological polar surface area (TPSA) is 187 Å². The van der Waals surface area contributed by atoms with E-state index in [-0.39, 0.29) is 12.4 Å². The molecular formula is C14H25N5O6S. The Kier molecular flexibility index (Phi) is 10.0. The van der Waals surface area contributed by atoms with Gasteiger partial charge in [-0.2, -0.15) is 11.8 Å². The molecule has 0 fully saturated rings. The fourth-order valence-electron chi connectivity index (χ4n) is 1.88. The Morgan fingerprint density at radius 1 is 1.35 bits per heavy atom. The second-order valence-corrected chi connectivity index (χ2v) is 6.62. The van der Waals surface area contributed by atoms with Gasteiger partial charge in [0, 0.05) is 5.75 Å². The van der Waals surface area contributed by atoms with Gasteiger partial charge in [0.1, 0.15) is 24.4 Å². The molecule has 8 N–H and O–H groups in total. The highest BCUT2D eigenvalue weighted by atomic mass is 32.2. The van der Waals surface area contributed by atoms with Crippen LogP contribution in [-0.2, 0) is 11.3 Å². The van der Waals surface area contributed by atoms with Crippen LogP contribution in [0, 0.1) is 13.3 Å². The minimum absolute atomic E-state index is 0.108. The quantitative estimate of drug-likeness (QED) is 0.178. The van der Waals surface area contributed by atoms with E-state index in [1.165, 1.54) is 18.0 Å². The average molecular weight is 391 g/mol. The predicted octanol–water partition coefficient (Wildman–Crippen LogP) is -3.25. The van der Waals surface area contributed by atoms with E-state index in [1.54, 1.807) is 6.42 Å². The molecule has 0 aliphatic carbocycles. The maximum atomic E-state index is 11.9. The summed E-state index contributed by atoms with van der Waals surface area (Å²) in [6, 6.07) is -0.743. The molecule has 0 saturated carbocycles. The van der Waals surface area contributed by atoms with E-state index in [2.05, 4.69) is 22.6 Å². The van der Waals surface area contributed by atoms with Crippen LogP contribution in [0.3, 0.4) is 0 Å². The summed E-state index contributed by atoms with van der Waals surface area (Å²) >= 11 is 1.46. The highest BCUT2D eigenvalue weighted by Gasteiger charge is 2.30. The van der Waals surface area contributed by atoms with Crippen molar-refractivity contribution in [3.63, 3.8) is 0 Å². The number of aromatic nitrogens is 3. The first kappa shape index (κ1) is 22.8. The molecule has 0 aliphatic heterocycles. The molecule has 0 aliphatic rings. The molecule has 0 aromatic carbocycles. The number of nitrogens with one attached hydrogen (secondary N) is 1. The third-order valence-corrected chi connectivity index (χ3v) is 4.43. The monoisotopic (exact) mass is 391 g/mol. The predicted molar refractivity (Wildman–Crippen MR) is 94.7 cm³/mol. The summed E-state index contributed by atoms with van der Waals surface area (Å²) in [5.41, 5.74) is 5.74. The molecule has 1 heterocycles. The van der Waals surface area contributed by atoms with Crippen molar-refractivity contribution in [2.45, 2.75) is 37.0 Å². The van der Waals surface area contributed by atoms with Gasteiger partial charge in [0.25, 0.3) is 0 Å². The Bertz CT molecular complexity index is 548. The van der Waals surface area contributed by atoms with E-state index in [0.29, 0.717) is 11.5 Å². The Morgan fingerprint density at radius 2 is 2.00 bits per heavy atom. The maximum absolute atomic E-state index is 11.9. The number of carbonyl (C=O) groups excluding carboxylic acids is 1. The Labute approximate surface area is 155 Å². The van der Waals surface area contributed by atoms with Crippen LogP contribution in [0.4, 0.5) is 5.82 Å². The minimum Gasteiger partial charge on any atom is -0.394 e. The first-order valence-electron chi connectivity index (χ1n) is 7.78. The maximum Gasteiger partial charge on any atom is 0.243 e. The Morgan fingerprint density at radius 3 is 2.62 bits per heavy atom. The molecule has 148 valence electrons. The van der Waals surface area contributed by atoms with Gasteiger partial charge in [-0.15, -0.1) is 5.10 Å². The smallest absolute Gasteiger partial charge is 0.243 e. The molecule has 26 heavy (non-hydrogen) atoms. The van der Waals surface area contributed by atoms with Crippen molar-refractivity contribution >= 4 is 23.5 Å². The molecule has 0 saturated heterocycles. The molecule has 11 nitrogen and oxygen atoms in total. The van der Waals surface area contributed by atoms with Gasteiger partial charge >= 0.3 is 0 Å². The first-order valence-corrected chi connectivity index (χ1v) is 8.94. The summed E-state index contributed by atoms with van der Waals surface area (Å²) in [5.74, 6) is 0.739. The number of thioether (sulfide) groups is 1. The fourth-order valence-corrected chi connectivity index (χ4v) is 2.59. The lowest BCUT2D eigenvalue weighted by Gasteiger charge is -2.25. The molecule has 5 atom stereocenters. The summed E-state index contributed by atoms with van der Waals surface area (Å²) in [4.78, 5) is 11.9. The zero-order chi connectivity index (χ0) is 19.7. The van der Waals surface area contributed by atoms with E-state index >= 15 is 0 Å². The molecule has 1 aromatic rings. The largest absolute Gasteiger partial charge is 0.394 e. The lowest BCUT2D eigenvalue weighted by molar-refractivity contribution is -0.118. The molecule has 1 rings (SSSR count). The first-order chi connectivity index (χ1) is 12.3. The van der Waals surface area contributed by atoms with Crippen molar-refractivity contribution in [2.24, 2.45) is 5.73 Å². The number of carbonyl (C=O) groups is 1. The third kappa shape index (κ3) is 7.15. The second-order valence-electron chi connectivity index (χ2n) is 5.55. The summed E-state index contributed by atoms with van der Waals surface area (Å²) < 4.78 is 1.14. The molecular weight excluding hydrogens is 366 g/mol. The molecule has 2 radical (unpaired) electrons. The van der Waals surface area contributed by atoms with E-state index in [4.69, 9.17) is 10.8 Å². The lowest BCUT2D eigenvalue weighted by atomic mass is 10.0. The highest BCUT2D eigenvalue weighted by molar-refractivity contribution is 7.99. The van der Waals surface area contributed by atoms with Crippen LogP contribution < -0.4 is 11.1 Å². The van der Waals surface area contributed by atoms with Crippen LogP contribution in [0.25, 0.3) is 0 Å². The third-order valence-electron chi connectivity index (χ3n) is 3.36. The van der Waals surface area contributed by atoms with Gasteiger partial charge in [0.2, 0.25) is 5.91 Å². The number of nitrogens with two attached hydrogens (primary N) is 1. The number of hydrogen-bond donors (Lipinski definition) is 7. The minimum atomic E-state index is -1.73. The van der Waals surface area contributed by atoms with E-state index in [1.807, 2.05) is 0 Å². The number of aliphatic hydroxyl groups is 5. The van der Waals surface area contributed by atoms with Gasteiger partial charge < -0.3 is 36.6 Å². The number of aliphatic hydroxyl groups excluding tert-OH is 5. The standard InChI is InChI=1S/C14H25N5O6S/c1-2-3-26-7-8(15)14(25)16-11-5-19(18-17-11)4-9(21)12(23)13(24)10(22)6-20/h2,5,8-10,12-13,20-24H,1,3-4,6-7,15H2,(H,16,25)/t8-,9+,10-,12+,13-/m1/s1. The van der Waals surface area contributed by atoms with Crippen molar-refractivity contribution in [2.75, 3.05) is 23.4 Å². The van der Waals surface area contributed by atoms with E-state index in [0.717, 1.165) is 4.68 Å². The van der Waals surface area contributed by atoms with E-state index < -0.39 is 43.0 Å². The van der Waals surface area contributed by atoms with Crippen molar-refractivity contribution in [1.29, 1.82) is 0 Å². The van der Waals surface area contributed by atoms with Crippen molar-refractivity contribution < 1.29 is 30.3 Å². The lowest BCUT2D eigenvalue weighted by Crippen LogP contribution is -2.47. The van der Waals surface area contributed by atoms with Crippen LogP contribution in [0.5, 0.6) is 0 Å². The van der Waals surface area contributed by atoms with Crippen LogP contribution >= 0.6 is 11.8 Å². The summed E-state index contributed by atoms with van der Waals surface area (Å²) in [7, 11) is 0. The van der Waals surface area contributed by atoms with Crippen molar-refractivity contribution in [3.05, 3.63) is 19.5 Å². The van der Waals surface area contributed by atoms with Gasteiger partial charge in [0.05, 0.1) is 25.4 Å².